The molecular weight excluding hydrogens is 357 g/mol. The number of benzene rings is 2. The van der Waals surface area contributed by atoms with Crippen LogP contribution in [0.3, 0.4) is 0 Å². The minimum Gasteiger partial charge on any atom is -0.385 e. The summed E-state index contributed by atoms with van der Waals surface area (Å²) in [5.41, 5.74) is 2.89. The van der Waals surface area contributed by atoms with Gasteiger partial charge in [-0.25, -0.2) is 0 Å². The van der Waals surface area contributed by atoms with Crippen molar-refractivity contribution in [3.05, 3.63) is 52.5 Å². The number of nitrogens with zero attached hydrogens (tertiary/aromatic N) is 1. The molecule has 1 heterocycles. The van der Waals surface area contributed by atoms with E-state index >= 15 is 0 Å². The lowest BCUT2D eigenvalue weighted by Crippen LogP contribution is -2.17. The van der Waals surface area contributed by atoms with Crippen LogP contribution in [0.15, 0.2) is 42.5 Å². The molecule has 2 N–H and O–H groups in total. The van der Waals surface area contributed by atoms with Crippen molar-refractivity contribution in [2.45, 2.75) is 19.3 Å². The number of halogens is 2. The number of carbonyl (C=O) groups excluding carboxylic acids is 1. The molecule has 0 atom stereocenters. The van der Waals surface area contributed by atoms with Crippen LogP contribution >= 0.6 is 23.2 Å². The van der Waals surface area contributed by atoms with E-state index in [1.54, 1.807) is 18.2 Å². The first-order valence-electron chi connectivity index (χ1n) is 8.45. The Bertz CT molecular complexity index is 708. The van der Waals surface area contributed by atoms with E-state index in [4.69, 9.17) is 23.2 Å². The topological polar surface area (TPSA) is 44.4 Å². The normalized spacial score (nSPS) is 13.8. The maximum Gasteiger partial charge on any atom is 0.226 e. The number of anilines is 3. The van der Waals surface area contributed by atoms with E-state index in [1.165, 1.54) is 18.5 Å². The van der Waals surface area contributed by atoms with Crippen molar-refractivity contribution in [3.8, 4) is 0 Å². The molecule has 1 aliphatic heterocycles. The molecule has 0 radical (unpaired) electrons. The van der Waals surface area contributed by atoms with Gasteiger partial charge in [-0.05, 0) is 55.3 Å². The molecule has 1 saturated heterocycles. The predicted molar refractivity (Wildman–Crippen MR) is 106 cm³/mol. The van der Waals surface area contributed by atoms with Crippen LogP contribution in [0.4, 0.5) is 17.1 Å². The largest absolute Gasteiger partial charge is 0.385 e. The molecule has 0 spiro atoms. The van der Waals surface area contributed by atoms with E-state index in [0.717, 1.165) is 18.8 Å². The maximum atomic E-state index is 12.0. The highest BCUT2D eigenvalue weighted by molar-refractivity contribution is 6.35. The second-order valence-corrected chi connectivity index (χ2v) is 7.00. The van der Waals surface area contributed by atoms with Gasteiger partial charge in [-0.3, -0.25) is 4.79 Å². The lowest BCUT2D eigenvalue weighted by molar-refractivity contribution is -0.115. The molecule has 1 amide bonds. The average Bonchev–Trinajstić information content (AvgIpc) is 3.09. The van der Waals surface area contributed by atoms with Crippen LogP contribution < -0.4 is 15.5 Å². The zero-order chi connectivity index (χ0) is 17.6. The third-order valence-electron chi connectivity index (χ3n) is 4.17. The van der Waals surface area contributed by atoms with Gasteiger partial charge in [0, 0.05) is 53.2 Å². The van der Waals surface area contributed by atoms with Crippen molar-refractivity contribution in [2.75, 3.05) is 35.2 Å². The molecule has 1 fully saturated rings. The van der Waals surface area contributed by atoms with E-state index in [-0.39, 0.29) is 5.91 Å². The van der Waals surface area contributed by atoms with Gasteiger partial charge in [0.25, 0.3) is 0 Å². The summed E-state index contributed by atoms with van der Waals surface area (Å²) in [7, 11) is 0. The Morgan fingerprint density at radius 3 is 2.24 bits per heavy atom. The number of hydrogen-bond donors (Lipinski definition) is 2. The molecule has 2 aromatic rings. The van der Waals surface area contributed by atoms with Gasteiger partial charge in [0.05, 0.1) is 0 Å². The van der Waals surface area contributed by atoms with Crippen molar-refractivity contribution in [2.24, 2.45) is 0 Å². The summed E-state index contributed by atoms with van der Waals surface area (Å²) in [6.07, 6.45) is 2.90. The van der Waals surface area contributed by atoms with Crippen molar-refractivity contribution in [1.29, 1.82) is 0 Å². The van der Waals surface area contributed by atoms with Gasteiger partial charge < -0.3 is 15.5 Å². The summed E-state index contributed by atoms with van der Waals surface area (Å²) in [4.78, 5) is 14.4. The van der Waals surface area contributed by atoms with Crippen LogP contribution in [0.1, 0.15) is 19.3 Å². The standard InChI is InChI=1S/C19H21Cl2N3O/c20-14-11-15(21)13-17(12-14)23-19(25)7-8-22-16-3-5-18(6-4-16)24-9-1-2-10-24/h3-6,11-13,22H,1-2,7-10H2,(H,23,25). The molecule has 1 aliphatic rings. The lowest BCUT2D eigenvalue weighted by Gasteiger charge is -2.18. The Hall–Kier alpha value is -1.91. The second kappa shape index (κ2) is 8.45. The quantitative estimate of drug-likeness (QED) is 0.741. The molecule has 0 unspecified atom stereocenters. The third-order valence-corrected chi connectivity index (χ3v) is 4.60. The maximum absolute atomic E-state index is 12.0. The molecule has 132 valence electrons. The molecule has 4 nitrogen and oxygen atoms in total. The van der Waals surface area contributed by atoms with Crippen LogP contribution in [0, 0.1) is 0 Å². The summed E-state index contributed by atoms with van der Waals surface area (Å²) in [6.45, 7) is 2.84. The van der Waals surface area contributed by atoms with Crippen molar-refractivity contribution < 1.29 is 4.79 Å². The molecule has 0 aromatic heterocycles. The first-order chi connectivity index (χ1) is 12.1. The third kappa shape index (κ3) is 5.28. The Kier molecular flexibility index (Phi) is 6.05. The summed E-state index contributed by atoms with van der Waals surface area (Å²) in [5, 5.41) is 7.07. The number of nitrogens with one attached hydrogen (secondary N) is 2. The summed E-state index contributed by atoms with van der Waals surface area (Å²) in [6, 6.07) is 13.4. The Balaban J connectivity index is 1.44. The van der Waals surface area contributed by atoms with Crippen molar-refractivity contribution >= 4 is 46.2 Å². The van der Waals surface area contributed by atoms with Gasteiger partial charge in [-0.2, -0.15) is 0 Å². The van der Waals surface area contributed by atoms with Gasteiger partial charge in [-0.1, -0.05) is 23.2 Å². The number of hydrogen-bond acceptors (Lipinski definition) is 3. The highest BCUT2D eigenvalue weighted by atomic mass is 35.5. The molecule has 0 bridgehead atoms. The van der Waals surface area contributed by atoms with Crippen LogP contribution in [0.5, 0.6) is 0 Å². The van der Waals surface area contributed by atoms with E-state index in [1.807, 2.05) is 0 Å². The fourth-order valence-corrected chi connectivity index (χ4v) is 3.46. The van der Waals surface area contributed by atoms with E-state index in [0.29, 0.717) is 28.7 Å². The fourth-order valence-electron chi connectivity index (χ4n) is 2.94. The molecule has 2 aromatic carbocycles. The van der Waals surface area contributed by atoms with Crippen LogP contribution in [0.25, 0.3) is 0 Å². The number of rotatable bonds is 6. The summed E-state index contributed by atoms with van der Waals surface area (Å²) >= 11 is 11.9. The van der Waals surface area contributed by atoms with Gasteiger partial charge in [0.2, 0.25) is 5.91 Å². The molecule has 6 heteroatoms. The minimum atomic E-state index is -0.0838. The molecule has 0 aliphatic carbocycles. The van der Waals surface area contributed by atoms with Crippen molar-refractivity contribution in [3.63, 3.8) is 0 Å². The number of carbonyl (C=O) groups is 1. The number of amides is 1. The summed E-state index contributed by atoms with van der Waals surface area (Å²) < 4.78 is 0. The van der Waals surface area contributed by atoms with E-state index in [2.05, 4.69) is 39.8 Å². The molecule has 3 rings (SSSR count). The monoisotopic (exact) mass is 377 g/mol. The van der Waals surface area contributed by atoms with Crippen molar-refractivity contribution in [1.82, 2.24) is 0 Å². The highest BCUT2D eigenvalue weighted by Crippen LogP contribution is 2.23. The smallest absolute Gasteiger partial charge is 0.226 e. The minimum absolute atomic E-state index is 0.0838. The van der Waals surface area contributed by atoms with Gasteiger partial charge in [0.1, 0.15) is 0 Å². The SMILES string of the molecule is O=C(CCNc1ccc(N2CCCC2)cc1)Nc1cc(Cl)cc(Cl)c1. The molecule has 0 saturated carbocycles. The lowest BCUT2D eigenvalue weighted by atomic mass is 10.2. The van der Waals surface area contributed by atoms with Gasteiger partial charge in [-0.15, -0.1) is 0 Å². The fraction of sp³-hybridized carbons (Fsp3) is 0.316. The first-order valence-corrected chi connectivity index (χ1v) is 9.20. The first kappa shape index (κ1) is 17.9. The van der Waals surface area contributed by atoms with Crippen LogP contribution in [-0.2, 0) is 4.79 Å². The molecule has 25 heavy (non-hydrogen) atoms. The predicted octanol–water partition coefficient (Wildman–Crippen LogP) is 5.03. The van der Waals surface area contributed by atoms with E-state index < -0.39 is 0 Å². The Labute approximate surface area is 158 Å². The van der Waals surface area contributed by atoms with Gasteiger partial charge >= 0.3 is 0 Å². The molecular formula is C19H21Cl2N3O. The zero-order valence-electron chi connectivity index (χ0n) is 13.9. The second-order valence-electron chi connectivity index (χ2n) is 6.12. The van der Waals surface area contributed by atoms with E-state index in [9.17, 15) is 4.79 Å². The Morgan fingerprint density at radius 2 is 1.60 bits per heavy atom. The highest BCUT2D eigenvalue weighted by Gasteiger charge is 2.11. The Morgan fingerprint density at radius 1 is 0.960 bits per heavy atom. The summed E-state index contributed by atoms with van der Waals surface area (Å²) in [5.74, 6) is -0.0838. The van der Waals surface area contributed by atoms with Gasteiger partial charge in [0.15, 0.2) is 0 Å². The van der Waals surface area contributed by atoms with Crippen LogP contribution in [0.2, 0.25) is 10.0 Å². The zero-order valence-corrected chi connectivity index (χ0v) is 15.4. The van der Waals surface area contributed by atoms with Crippen LogP contribution in [-0.4, -0.2) is 25.5 Å². The average molecular weight is 378 g/mol.